The molecular formula is C23H26ClN3O4S3. The fourth-order valence-electron chi connectivity index (χ4n) is 4.74. The molecule has 2 unspecified atom stereocenters. The van der Waals surface area contributed by atoms with Crippen LogP contribution in [0.3, 0.4) is 0 Å². The van der Waals surface area contributed by atoms with E-state index in [2.05, 4.69) is 6.07 Å². The summed E-state index contributed by atoms with van der Waals surface area (Å²) in [6.45, 7) is 5.42. The number of rotatable bonds is 6. The first-order valence-electron chi connectivity index (χ1n) is 11.3. The number of nitrogens with zero attached hydrogens (tertiary/aromatic N) is 3. The Bertz CT molecular complexity index is 1330. The molecule has 0 aliphatic carbocycles. The SMILES string of the molecule is Cc1cc(C)c2sc(N(CC3CCCO3)C(=O)C3CCCN3S(=O)(=O)c3ccc(Cl)s3)nc2c1. The zero-order valence-electron chi connectivity index (χ0n) is 19.0. The standard InChI is InChI=1S/C23H26ClN3O4S3/c1-14-11-15(2)21-17(12-14)25-23(33-21)26(13-16-5-4-10-31-16)22(28)18-6-3-9-27(18)34(29,30)20-8-7-19(24)32-20/h7-8,11-12,16,18H,3-6,9-10,13H2,1-2H3. The van der Waals surface area contributed by atoms with Gasteiger partial charge in [-0.25, -0.2) is 13.4 Å². The minimum absolute atomic E-state index is 0.0821. The van der Waals surface area contributed by atoms with Crippen LogP contribution in [0.2, 0.25) is 4.34 Å². The number of hydrogen-bond acceptors (Lipinski definition) is 7. The van der Waals surface area contributed by atoms with Gasteiger partial charge in [0.2, 0.25) is 5.91 Å². The van der Waals surface area contributed by atoms with Crippen LogP contribution in [-0.2, 0) is 19.6 Å². The van der Waals surface area contributed by atoms with Crippen molar-refractivity contribution in [3.8, 4) is 0 Å². The maximum atomic E-state index is 14.0. The lowest BCUT2D eigenvalue weighted by molar-refractivity contribution is -0.122. The number of anilines is 1. The predicted octanol–water partition coefficient (Wildman–Crippen LogP) is 4.99. The third-order valence-corrected chi connectivity index (χ3v) is 11.2. The molecule has 0 saturated carbocycles. The third-order valence-electron chi connectivity index (χ3n) is 6.32. The van der Waals surface area contributed by atoms with Gasteiger partial charge in [-0.15, -0.1) is 11.3 Å². The second-order valence-corrected chi connectivity index (χ2v) is 13.7. The number of amides is 1. The fraction of sp³-hybridized carbons (Fsp3) is 0.478. The molecule has 1 aromatic carbocycles. The lowest BCUT2D eigenvalue weighted by Crippen LogP contribution is -2.49. The molecule has 0 N–H and O–H groups in total. The number of sulfonamides is 1. The minimum atomic E-state index is -3.82. The van der Waals surface area contributed by atoms with E-state index in [-0.39, 0.29) is 16.2 Å². The number of aromatic nitrogens is 1. The Hall–Kier alpha value is -1.56. The second kappa shape index (κ2) is 9.48. The van der Waals surface area contributed by atoms with Crippen molar-refractivity contribution in [2.75, 3.05) is 24.6 Å². The molecule has 2 saturated heterocycles. The van der Waals surface area contributed by atoms with Crippen LogP contribution in [0, 0.1) is 13.8 Å². The number of thiazole rings is 1. The Labute approximate surface area is 212 Å². The Morgan fingerprint density at radius 2 is 2.06 bits per heavy atom. The van der Waals surface area contributed by atoms with Gasteiger partial charge in [0.05, 0.1) is 27.2 Å². The van der Waals surface area contributed by atoms with Gasteiger partial charge in [-0.05, 0) is 68.9 Å². The van der Waals surface area contributed by atoms with E-state index in [9.17, 15) is 13.2 Å². The number of aryl methyl sites for hydroxylation is 2. The van der Waals surface area contributed by atoms with Crippen LogP contribution in [0.15, 0.2) is 28.5 Å². The predicted molar refractivity (Wildman–Crippen MR) is 137 cm³/mol. The zero-order valence-corrected chi connectivity index (χ0v) is 22.2. The van der Waals surface area contributed by atoms with Crippen LogP contribution < -0.4 is 4.90 Å². The average molecular weight is 540 g/mol. The highest BCUT2D eigenvalue weighted by Gasteiger charge is 2.43. The summed E-state index contributed by atoms with van der Waals surface area (Å²) in [6.07, 6.45) is 2.84. The molecule has 0 spiro atoms. The first kappa shape index (κ1) is 24.1. The van der Waals surface area contributed by atoms with E-state index in [4.69, 9.17) is 21.3 Å². The number of carbonyl (C=O) groups excluding carboxylic acids is 1. The number of halogens is 1. The molecule has 2 aliphatic heterocycles. The normalized spacial score (nSPS) is 21.5. The van der Waals surface area contributed by atoms with E-state index in [1.807, 2.05) is 19.9 Å². The van der Waals surface area contributed by atoms with Gasteiger partial charge < -0.3 is 4.74 Å². The monoisotopic (exact) mass is 539 g/mol. The summed E-state index contributed by atoms with van der Waals surface area (Å²) < 4.78 is 35.5. The number of thiophene rings is 1. The molecule has 2 atom stereocenters. The highest BCUT2D eigenvalue weighted by Crippen LogP contribution is 2.36. The minimum Gasteiger partial charge on any atom is -0.376 e. The first-order chi connectivity index (χ1) is 16.2. The molecule has 34 heavy (non-hydrogen) atoms. The van der Waals surface area contributed by atoms with Gasteiger partial charge in [0.15, 0.2) is 5.13 Å². The van der Waals surface area contributed by atoms with E-state index < -0.39 is 16.1 Å². The summed E-state index contributed by atoms with van der Waals surface area (Å²) in [7, 11) is -3.82. The van der Waals surface area contributed by atoms with Crippen LogP contribution in [-0.4, -0.2) is 55.5 Å². The summed E-state index contributed by atoms with van der Waals surface area (Å²) >= 11 is 8.49. The van der Waals surface area contributed by atoms with Crippen molar-refractivity contribution in [1.82, 2.24) is 9.29 Å². The van der Waals surface area contributed by atoms with Gasteiger partial charge >= 0.3 is 0 Å². The van der Waals surface area contributed by atoms with E-state index in [1.165, 1.54) is 21.7 Å². The number of fused-ring (bicyclic) bond motifs is 1. The molecule has 4 heterocycles. The first-order valence-corrected chi connectivity index (χ1v) is 14.8. The lowest BCUT2D eigenvalue weighted by Gasteiger charge is -2.29. The number of hydrogen-bond donors (Lipinski definition) is 0. The van der Waals surface area contributed by atoms with Crippen molar-refractivity contribution in [1.29, 1.82) is 0 Å². The summed E-state index contributed by atoms with van der Waals surface area (Å²) in [5.74, 6) is -0.243. The molecule has 3 aromatic rings. The smallest absolute Gasteiger partial charge is 0.253 e. The van der Waals surface area contributed by atoms with Crippen LogP contribution in [0.4, 0.5) is 5.13 Å². The van der Waals surface area contributed by atoms with Gasteiger partial charge in [-0.1, -0.05) is 29.0 Å². The van der Waals surface area contributed by atoms with Crippen LogP contribution in [0.5, 0.6) is 0 Å². The summed E-state index contributed by atoms with van der Waals surface area (Å²) in [5, 5.41) is 0.590. The van der Waals surface area contributed by atoms with Gasteiger partial charge in [0.25, 0.3) is 10.0 Å². The van der Waals surface area contributed by atoms with E-state index in [0.29, 0.717) is 42.0 Å². The highest BCUT2D eigenvalue weighted by molar-refractivity contribution is 7.91. The fourth-order valence-corrected chi connectivity index (χ4v) is 9.03. The second-order valence-electron chi connectivity index (χ2n) is 8.84. The van der Waals surface area contributed by atoms with Crippen LogP contribution in [0.25, 0.3) is 10.2 Å². The molecule has 11 heteroatoms. The number of benzene rings is 1. The quantitative estimate of drug-likeness (QED) is 0.440. The van der Waals surface area contributed by atoms with Crippen molar-refractivity contribution < 1.29 is 17.9 Å². The Morgan fingerprint density at radius 3 is 2.76 bits per heavy atom. The molecule has 0 bridgehead atoms. The molecule has 2 aromatic heterocycles. The lowest BCUT2D eigenvalue weighted by atomic mass is 10.1. The summed E-state index contributed by atoms with van der Waals surface area (Å²) in [4.78, 5) is 20.4. The van der Waals surface area contributed by atoms with E-state index in [0.717, 1.165) is 45.5 Å². The number of ether oxygens (including phenoxy) is 1. The molecular weight excluding hydrogens is 514 g/mol. The van der Waals surface area contributed by atoms with Crippen LogP contribution in [0.1, 0.15) is 36.8 Å². The van der Waals surface area contributed by atoms with Crippen molar-refractivity contribution >= 4 is 65.6 Å². The van der Waals surface area contributed by atoms with Crippen molar-refractivity contribution in [2.45, 2.75) is 55.9 Å². The average Bonchev–Trinajstić information content (AvgIpc) is 3.57. The van der Waals surface area contributed by atoms with Crippen molar-refractivity contribution in [3.05, 3.63) is 39.7 Å². The Morgan fingerprint density at radius 1 is 1.24 bits per heavy atom. The molecule has 2 aliphatic rings. The topological polar surface area (TPSA) is 79.8 Å². The Balaban J connectivity index is 1.51. The van der Waals surface area contributed by atoms with Gasteiger partial charge in [-0.2, -0.15) is 4.31 Å². The molecule has 7 nitrogen and oxygen atoms in total. The summed E-state index contributed by atoms with van der Waals surface area (Å²) in [6, 6.07) is 6.42. The molecule has 1 amide bonds. The summed E-state index contributed by atoms with van der Waals surface area (Å²) in [5.41, 5.74) is 3.08. The van der Waals surface area contributed by atoms with Crippen molar-refractivity contribution in [2.24, 2.45) is 0 Å². The maximum absolute atomic E-state index is 14.0. The van der Waals surface area contributed by atoms with Gasteiger partial charge in [0.1, 0.15) is 10.3 Å². The highest BCUT2D eigenvalue weighted by atomic mass is 35.5. The Kier molecular flexibility index (Phi) is 6.73. The number of carbonyl (C=O) groups is 1. The molecule has 2 fully saturated rings. The third kappa shape index (κ3) is 4.52. The van der Waals surface area contributed by atoms with E-state index >= 15 is 0 Å². The molecule has 5 rings (SSSR count). The van der Waals surface area contributed by atoms with Gasteiger partial charge in [0, 0.05) is 13.2 Å². The van der Waals surface area contributed by atoms with Crippen LogP contribution >= 0.6 is 34.3 Å². The molecule has 0 radical (unpaired) electrons. The largest absolute Gasteiger partial charge is 0.376 e. The van der Waals surface area contributed by atoms with Gasteiger partial charge in [-0.3, -0.25) is 9.69 Å². The van der Waals surface area contributed by atoms with Crippen molar-refractivity contribution in [3.63, 3.8) is 0 Å². The van der Waals surface area contributed by atoms with E-state index in [1.54, 1.807) is 11.0 Å². The maximum Gasteiger partial charge on any atom is 0.253 e. The zero-order chi connectivity index (χ0) is 24.0. The molecule has 182 valence electrons.